The van der Waals surface area contributed by atoms with Gasteiger partial charge in [0.15, 0.2) is 5.13 Å². The average molecular weight is 557 g/mol. The molecule has 1 saturated heterocycles. The van der Waals surface area contributed by atoms with E-state index < -0.39 is 26.7 Å². The van der Waals surface area contributed by atoms with Gasteiger partial charge in [-0.15, -0.1) is 11.3 Å². The van der Waals surface area contributed by atoms with Gasteiger partial charge < -0.3 is 4.90 Å². The fourth-order valence-electron chi connectivity index (χ4n) is 3.38. The number of anilines is 1. The average Bonchev–Trinajstić information content (AvgIpc) is 3.23. The van der Waals surface area contributed by atoms with Crippen LogP contribution in [0.2, 0.25) is 15.1 Å². The second-order valence-corrected chi connectivity index (χ2v) is 11.2. The molecule has 0 radical (unpaired) electrons. The summed E-state index contributed by atoms with van der Waals surface area (Å²) in [7, 11) is -4.20. The Labute approximate surface area is 207 Å². The van der Waals surface area contributed by atoms with Crippen molar-refractivity contribution < 1.29 is 21.6 Å². The van der Waals surface area contributed by atoms with Crippen molar-refractivity contribution in [2.24, 2.45) is 0 Å². The first-order chi connectivity index (χ1) is 15.4. The first kappa shape index (κ1) is 24.6. The summed E-state index contributed by atoms with van der Waals surface area (Å²) in [6.45, 7) is 0.789. The van der Waals surface area contributed by atoms with Crippen LogP contribution in [-0.2, 0) is 16.2 Å². The number of aromatic nitrogens is 1. The number of piperazine rings is 1. The second-order valence-electron chi connectivity index (χ2n) is 7.21. The molecule has 13 heteroatoms. The summed E-state index contributed by atoms with van der Waals surface area (Å²) in [4.78, 5) is 5.96. The Hall–Kier alpha value is -1.56. The summed E-state index contributed by atoms with van der Waals surface area (Å²) in [6, 6.07) is 7.40. The number of halogens is 6. The first-order valence-corrected chi connectivity index (χ1v) is 12.9. The van der Waals surface area contributed by atoms with Gasteiger partial charge in [-0.05, 0) is 36.4 Å². The van der Waals surface area contributed by atoms with Crippen molar-refractivity contribution in [2.45, 2.75) is 11.1 Å². The van der Waals surface area contributed by atoms with Crippen LogP contribution in [0, 0.1) is 0 Å². The van der Waals surface area contributed by atoms with Gasteiger partial charge in [0.2, 0.25) is 10.0 Å². The van der Waals surface area contributed by atoms with Gasteiger partial charge in [-0.25, -0.2) is 13.4 Å². The van der Waals surface area contributed by atoms with Gasteiger partial charge in [0.05, 0.1) is 16.3 Å². The van der Waals surface area contributed by atoms with Crippen molar-refractivity contribution >= 4 is 61.3 Å². The smallest absolute Gasteiger partial charge is 0.345 e. The van der Waals surface area contributed by atoms with Gasteiger partial charge in [-0.1, -0.05) is 34.8 Å². The summed E-state index contributed by atoms with van der Waals surface area (Å²) >= 11 is 19.5. The zero-order chi connectivity index (χ0) is 24.0. The van der Waals surface area contributed by atoms with Crippen LogP contribution < -0.4 is 4.90 Å². The molecule has 1 aromatic heterocycles. The summed E-state index contributed by atoms with van der Waals surface area (Å²) in [5.74, 6) is 0. The van der Waals surface area contributed by atoms with Crippen LogP contribution in [0.3, 0.4) is 0 Å². The molecule has 0 aliphatic carbocycles. The Morgan fingerprint density at radius 2 is 1.58 bits per heavy atom. The lowest BCUT2D eigenvalue weighted by atomic mass is 10.2. The lowest BCUT2D eigenvalue weighted by Gasteiger charge is -2.34. The highest BCUT2D eigenvalue weighted by atomic mass is 35.5. The zero-order valence-corrected chi connectivity index (χ0v) is 20.5. The minimum atomic E-state index is -4.68. The monoisotopic (exact) mass is 555 g/mol. The SMILES string of the molecule is O=S(=O)(c1cc(C(F)(F)F)ccc1Cl)N1CCN(c2nc(-c3cc(Cl)cc(Cl)c3)cs2)CC1. The standard InChI is InChI=1S/C20H15Cl3F3N3O2S2/c21-14-7-12(8-15(22)10-14)17-11-32-19(27-17)28-3-5-29(6-4-28)33(30,31)18-9-13(20(24,25)26)1-2-16(18)23/h1-2,7-11H,3-6H2. The van der Waals surface area contributed by atoms with Gasteiger partial charge >= 0.3 is 6.18 Å². The van der Waals surface area contributed by atoms with Crippen molar-refractivity contribution in [3.63, 3.8) is 0 Å². The second kappa shape index (κ2) is 9.24. The molecule has 0 atom stereocenters. The molecule has 33 heavy (non-hydrogen) atoms. The predicted octanol–water partition coefficient (Wildman–Crippen LogP) is 6.30. The molecule has 1 aliphatic rings. The van der Waals surface area contributed by atoms with Gasteiger partial charge in [-0.2, -0.15) is 17.5 Å². The summed E-state index contributed by atoms with van der Waals surface area (Å²) < 4.78 is 66.3. The molecule has 0 amide bonds. The van der Waals surface area contributed by atoms with E-state index in [1.807, 2.05) is 10.3 Å². The lowest BCUT2D eigenvalue weighted by molar-refractivity contribution is -0.137. The van der Waals surface area contributed by atoms with E-state index in [0.29, 0.717) is 40.0 Å². The third-order valence-electron chi connectivity index (χ3n) is 5.04. The van der Waals surface area contributed by atoms with Crippen LogP contribution in [0.25, 0.3) is 11.3 Å². The van der Waals surface area contributed by atoms with Crippen molar-refractivity contribution in [1.29, 1.82) is 0 Å². The minimum absolute atomic E-state index is 0.0762. The predicted molar refractivity (Wildman–Crippen MR) is 125 cm³/mol. The fourth-order valence-corrected chi connectivity index (χ4v) is 6.72. The highest BCUT2D eigenvalue weighted by Crippen LogP contribution is 2.35. The molecular formula is C20H15Cl3F3N3O2S2. The van der Waals surface area contributed by atoms with Crippen LogP contribution in [0.5, 0.6) is 0 Å². The molecule has 0 saturated carbocycles. The van der Waals surface area contributed by atoms with E-state index >= 15 is 0 Å². The van der Waals surface area contributed by atoms with E-state index in [4.69, 9.17) is 34.8 Å². The van der Waals surface area contributed by atoms with E-state index in [1.165, 1.54) is 11.3 Å². The Morgan fingerprint density at radius 1 is 0.939 bits per heavy atom. The maximum absolute atomic E-state index is 13.1. The topological polar surface area (TPSA) is 53.5 Å². The number of benzene rings is 2. The molecule has 4 rings (SSSR count). The maximum Gasteiger partial charge on any atom is 0.416 e. The van der Waals surface area contributed by atoms with Crippen LogP contribution >= 0.6 is 46.1 Å². The molecule has 2 aromatic carbocycles. The molecule has 0 spiro atoms. The van der Waals surface area contributed by atoms with Gasteiger partial charge in [0.1, 0.15) is 4.90 Å². The number of hydrogen-bond donors (Lipinski definition) is 0. The zero-order valence-electron chi connectivity index (χ0n) is 16.6. The molecule has 0 unspecified atom stereocenters. The largest absolute Gasteiger partial charge is 0.416 e. The first-order valence-electron chi connectivity index (χ1n) is 9.49. The minimum Gasteiger partial charge on any atom is -0.345 e. The molecule has 3 aromatic rings. The summed E-state index contributed by atoms with van der Waals surface area (Å²) in [5, 5.41) is 3.26. The molecule has 1 aliphatic heterocycles. The van der Waals surface area contributed by atoms with E-state index in [1.54, 1.807) is 18.2 Å². The van der Waals surface area contributed by atoms with Gasteiger partial charge in [0, 0.05) is 47.2 Å². The third kappa shape index (κ3) is 5.26. The number of thiazole rings is 1. The highest BCUT2D eigenvalue weighted by Gasteiger charge is 2.35. The number of rotatable bonds is 4. The quantitative estimate of drug-likeness (QED) is 0.378. The van der Waals surface area contributed by atoms with E-state index in [0.717, 1.165) is 22.0 Å². The number of alkyl halides is 3. The number of hydrogen-bond acceptors (Lipinski definition) is 5. The molecule has 0 bridgehead atoms. The fraction of sp³-hybridized carbons (Fsp3) is 0.250. The van der Waals surface area contributed by atoms with Crippen LogP contribution in [-0.4, -0.2) is 43.9 Å². The molecule has 2 heterocycles. The van der Waals surface area contributed by atoms with Crippen molar-refractivity contribution in [2.75, 3.05) is 31.1 Å². The number of nitrogens with zero attached hydrogens (tertiary/aromatic N) is 3. The molecule has 1 fully saturated rings. The molecule has 5 nitrogen and oxygen atoms in total. The van der Waals surface area contributed by atoms with E-state index in [9.17, 15) is 21.6 Å². The van der Waals surface area contributed by atoms with Crippen LogP contribution in [0.1, 0.15) is 5.56 Å². The van der Waals surface area contributed by atoms with Crippen LogP contribution in [0.4, 0.5) is 18.3 Å². The Bertz CT molecular complexity index is 1270. The van der Waals surface area contributed by atoms with Gasteiger partial charge in [-0.3, -0.25) is 0 Å². The maximum atomic E-state index is 13.1. The van der Waals surface area contributed by atoms with Crippen molar-refractivity contribution in [3.05, 3.63) is 62.4 Å². The summed E-state index contributed by atoms with van der Waals surface area (Å²) in [6.07, 6.45) is -4.68. The molecular weight excluding hydrogens is 542 g/mol. The molecule has 0 N–H and O–H groups in total. The molecule has 176 valence electrons. The van der Waals surface area contributed by atoms with E-state index in [-0.39, 0.29) is 18.1 Å². The Morgan fingerprint density at radius 3 is 2.18 bits per heavy atom. The highest BCUT2D eigenvalue weighted by molar-refractivity contribution is 7.89. The lowest BCUT2D eigenvalue weighted by Crippen LogP contribution is -2.48. The van der Waals surface area contributed by atoms with E-state index in [2.05, 4.69) is 4.98 Å². The van der Waals surface area contributed by atoms with Gasteiger partial charge in [0.25, 0.3) is 0 Å². The van der Waals surface area contributed by atoms with Crippen molar-refractivity contribution in [1.82, 2.24) is 9.29 Å². The normalized spacial score (nSPS) is 15.8. The van der Waals surface area contributed by atoms with Crippen LogP contribution in [0.15, 0.2) is 46.7 Å². The number of sulfonamides is 1. The Balaban J connectivity index is 1.50. The summed E-state index contributed by atoms with van der Waals surface area (Å²) in [5.41, 5.74) is 0.376. The Kier molecular flexibility index (Phi) is 6.88. The third-order valence-corrected chi connectivity index (χ3v) is 8.75. The van der Waals surface area contributed by atoms with Crippen molar-refractivity contribution in [3.8, 4) is 11.3 Å².